The van der Waals surface area contributed by atoms with E-state index in [0.717, 1.165) is 38.8 Å². The molecular formula is C25H30N2O6. The lowest BCUT2D eigenvalue weighted by atomic mass is 10.1. The minimum atomic E-state index is -0.290. The number of rotatable bonds is 7. The molecule has 2 aliphatic rings. The van der Waals surface area contributed by atoms with E-state index in [9.17, 15) is 9.59 Å². The molecule has 0 spiro atoms. The number of likely N-dealkylation sites (tertiary alicyclic amines) is 1. The quantitative estimate of drug-likeness (QED) is 0.683. The van der Waals surface area contributed by atoms with E-state index in [-0.39, 0.29) is 18.4 Å². The molecule has 4 rings (SSSR count). The lowest BCUT2D eigenvalue weighted by molar-refractivity contribution is -0.134. The molecule has 8 heteroatoms. The highest BCUT2D eigenvalue weighted by atomic mass is 16.5. The Balaban J connectivity index is 1.42. The third-order valence-electron chi connectivity index (χ3n) is 5.57. The minimum absolute atomic E-state index is 0.0339. The number of carbonyl (C=O) groups is 2. The number of fused-ring (bicyclic) bond motifs is 1. The van der Waals surface area contributed by atoms with Gasteiger partial charge in [0.25, 0.3) is 11.8 Å². The van der Waals surface area contributed by atoms with Crippen molar-refractivity contribution in [3.8, 4) is 23.0 Å². The van der Waals surface area contributed by atoms with Crippen LogP contribution in [0.3, 0.4) is 0 Å². The second-order valence-electron chi connectivity index (χ2n) is 7.99. The summed E-state index contributed by atoms with van der Waals surface area (Å²) < 4.78 is 22.8. The summed E-state index contributed by atoms with van der Waals surface area (Å²) in [6.45, 7) is 4.94. The molecule has 2 amide bonds. The van der Waals surface area contributed by atoms with Crippen LogP contribution in [0.1, 0.15) is 43.0 Å². The largest absolute Gasteiger partial charge is 0.490 e. The Hall–Kier alpha value is -3.42. The van der Waals surface area contributed by atoms with Crippen LogP contribution in [-0.2, 0) is 4.79 Å². The first-order valence-electron chi connectivity index (χ1n) is 11.5. The van der Waals surface area contributed by atoms with Crippen LogP contribution in [0.25, 0.3) is 0 Å². The summed E-state index contributed by atoms with van der Waals surface area (Å²) in [7, 11) is 0. The summed E-state index contributed by atoms with van der Waals surface area (Å²) in [5.41, 5.74) is 1.02. The van der Waals surface area contributed by atoms with Crippen molar-refractivity contribution in [2.45, 2.75) is 32.6 Å². The lowest BCUT2D eigenvalue weighted by Gasteiger charge is -2.26. The average molecular weight is 455 g/mol. The molecule has 0 atom stereocenters. The molecule has 1 N–H and O–H groups in total. The number of nitrogens with one attached hydrogen (secondary N) is 1. The minimum Gasteiger partial charge on any atom is -0.490 e. The maximum absolute atomic E-state index is 12.9. The Morgan fingerprint density at radius 1 is 0.909 bits per heavy atom. The van der Waals surface area contributed by atoms with Crippen molar-refractivity contribution in [3.05, 3.63) is 42.0 Å². The Bertz CT molecular complexity index is 987. The highest BCUT2D eigenvalue weighted by Gasteiger charge is 2.19. The highest BCUT2D eigenvalue weighted by molar-refractivity contribution is 6.04. The monoisotopic (exact) mass is 454 g/mol. The molecule has 2 aromatic rings. The smallest absolute Gasteiger partial charge is 0.260 e. The van der Waals surface area contributed by atoms with E-state index in [1.54, 1.807) is 36.4 Å². The van der Waals surface area contributed by atoms with E-state index in [1.807, 2.05) is 11.8 Å². The first-order valence-corrected chi connectivity index (χ1v) is 11.5. The molecule has 1 fully saturated rings. The summed E-state index contributed by atoms with van der Waals surface area (Å²) in [4.78, 5) is 27.1. The Morgan fingerprint density at radius 3 is 2.48 bits per heavy atom. The summed E-state index contributed by atoms with van der Waals surface area (Å²) in [5, 5.41) is 2.88. The number of nitrogens with zero attached hydrogens (tertiary/aromatic N) is 1. The van der Waals surface area contributed by atoms with Crippen molar-refractivity contribution in [1.29, 1.82) is 0 Å². The van der Waals surface area contributed by atoms with Crippen LogP contribution in [0.5, 0.6) is 23.0 Å². The van der Waals surface area contributed by atoms with Crippen LogP contribution in [0.15, 0.2) is 36.4 Å². The molecule has 0 aromatic heterocycles. The number of carbonyl (C=O) groups excluding carboxylic acids is 2. The fourth-order valence-electron chi connectivity index (χ4n) is 3.86. The van der Waals surface area contributed by atoms with Crippen molar-refractivity contribution in [3.63, 3.8) is 0 Å². The van der Waals surface area contributed by atoms with Crippen molar-refractivity contribution in [2.24, 2.45) is 0 Å². The predicted molar refractivity (Wildman–Crippen MR) is 124 cm³/mol. The van der Waals surface area contributed by atoms with Crippen LogP contribution >= 0.6 is 0 Å². The van der Waals surface area contributed by atoms with Gasteiger partial charge in [0.2, 0.25) is 0 Å². The standard InChI is InChI=1S/C25H30N2O6/c1-2-30-22-15-18(7-9-21(22)33-17-24(28)27-11-4-3-5-12-27)25(29)26-19-8-10-20-23(16-19)32-14-6-13-31-20/h7-10,15-16H,2-6,11-14,17H2,1H3,(H,26,29). The molecule has 176 valence electrons. The molecular weight excluding hydrogens is 424 g/mol. The highest BCUT2D eigenvalue weighted by Crippen LogP contribution is 2.33. The van der Waals surface area contributed by atoms with E-state index in [4.69, 9.17) is 18.9 Å². The van der Waals surface area contributed by atoms with E-state index in [0.29, 0.717) is 54.1 Å². The molecule has 33 heavy (non-hydrogen) atoms. The van der Waals surface area contributed by atoms with Gasteiger partial charge < -0.3 is 29.2 Å². The summed E-state index contributed by atoms with van der Waals surface area (Å²) in [6.07, 6.45) is 4.04. The van der Waals surface area contributed by atoms with E-state index in [2.05, 4.69) is 5.32 Å². The number of hydrogen-bond donors (Lipinski definition) is 1. The number of amides is 2. The second-order valence-corrected chi connectivity index (χ2v) is 7.99. The molecule has 2 heterocycles. The van der Waals surface area contributed by atoms with Crippen molar-refractivity contribution < 1.29 is 28.5 Å². The van der Waals surface area contributed by atoms with Gasteiger partial charge in [-0.25, -0.2) is 0 Å². The van der Waals surface area contributed by atoms with E-state index in [1.165, 1.54) is 0 Å². The molecule has 0 saturated carbocycles. The van der Waals surface area contributed by atoms with Gasteiger partial charge in [0.05, 0.1) is 19.8 Å². The van der Waals surface area contributed by atoms with Crippen molar-refractivity contribution in [1.82, 2.24) is 4.90 Å². The SMILES string of the molecule is CCOc1cc(C(=O)Nc2ccc3c(c2)OCCCO3)ccc1OCC(=O)N1CCCCC1. The fourth-order valence-corrected chi connectivity index (χ4v) is 3.86. The maximum atomic E-state index is 12.9. The van der Waals surface area contributed by atoms with Crippen LogP contribution in [0, 0.1) is 0 Å². The summed E-state index contributed by atoms with van der Waals surface area (Å²) in [6, 6.07) is 10.3. The number of anilines is 1. The van der Waals surface area contributed by atoms with Crippen LogP contribution in [-0.4, -0.2) is 56.2 Å². The van der Waals surface area contributed by atoms with Gasteiger partial charge in [-0.1, -0.05) is 0 Å². The van der Waals surface area contributed by atoms with Crippen molar-refractivity contribution >= 4 is 17.5 Å². The van der Waals surface area contributed by atoms with Gasteiger partial charge in [0, 0.05) is 36.8 Å². The Morgan fingerprint density at radius 2 is 1.70 bits per heavy atom. The van der Waals surface area contributed by atoms with Gasteiger partial charge in [-0.3, -0.25) is 9.59 Å². The maximum Gasteiger partial charge on any atom is 0.260 e. The number of benzene rings is 2. The van der Waals surface area contributed by atoms with Gasteiger partial charge in [0.15, 0.2) is 29.6 Å². The van der Waals surface area contributed by atoms with Gasteiger partial charge in [-0.2, -0.15) is 0 Å². The topological polar surface area (TPSA) is 86.3 Å². The zero-order valence-corrected chi connectivity index (χ0v) is 18.9. The lowest BCUT2D eigenvalue weighted by Crippen LogP contribution is -2.38. The molecule has 0 bridgehead atoms. The zero-order valence-electron chi connectivity index (χ0n) is 18.9. The van der Waals surface area contributed by atoms with E-state index >= 15 is 0 Å². The molecule has 0 aliphatic carbocycles. The normalized spacial score (nSPS) is 15.4. The van der Waals surface area contributed by atoms with Gasteiger partial charge in [-0.05, 0) is 56.5 Å². The average Bonchev–Trinajstić information content (AvgIpc) is 3.09. The summed E-state index contributed by atoms with van der Waals surface area (Å²) in [5.74, 6) is 1.83. The molecule has 0 unspecified atom stereocenters. The van der Waals surface area contributed by atoms with E-state index < -0.39 is 0 Å². The van der Waals surface area contributed by atoms with Crippen LogP contribution in [0.2, 0.25) is 0 Å². The molecule has 2 aromatic carbocycles. The second kappa shape index (κ2) is 10.9. The van der Waals surface area contributed by atoms with Crippen molar-refractivity contribution in [2.75, 3.05) is 44.8 Å². The third-order valence-corrected chi connectivity index (χ3v) is 5.57. The Kier molecular flexibility index (Phi) is 7.55. The van der Waals surface area contributed by atoms with Crippen LogP contribution < -0.4 is 24.3 Å². The third kappa shape index (κ3) is 5.88. The van der Waals surface area contributed by atoms with Gasteiger partial charge in [0.1, 0.15) is 0 Å². The van der Waals surface area contributed by atoms with Gasteiger partial charge in [-0.15, -0.1) is 0 Å². The first-order chi connectivity index (χ1) is 16.1. The first kappa shape index (κ1) is 22.8. The predicted octanol–water partition coefficient (Wildman–Crippen LogP) is 3.89. The fraction of sp³-hybridized carbons (Fsp3) is 0.440. The number of hydrogen-bond acceptors (Lipinski definition) is 6. The molecule has 8 nitrogen and oxygen atoms in total. The Labute approximate surface area is 193 Å². The summed E-state index contributed by atoms with van der Waals surface area (Å²) >= 11 is 0. The van der Waals surface area contributed by atoms with Crippen LogP contribution in [0.4, 0.5) is 5.69 Å². The molecule has 1 saturated heterocycles. The number of piperidine rings is 1. The zero-order chi connectivity index (χ0) is 23.0. The van der Waals surface area contributed by atoms with Gasteiger partial charge >= 0.3 is 0 Å². The molecule has 0 radical (unpaired) electrons. The molecule has 2 aliphatic heterocycles. The number of ether oxygens (including phenoxy) is 4.